The van der Waals surface area contributed by atoms with Gasteiger partial charge in [0, 0.05) is 41.3 Å². The third kappa shape index (κ3) is 7.03. The lowest BCUT2D eigenvalue weighted by molar-refractivity contribution is 0.0582. The maximum atomic E-state index is 9.67. The van der Waals surface area contributed by atoms with Crippen LogP contribution >= 0.6 is 11.6 Å². The second-order valence-electron chi connectivity index (χ2n) is 13.4. The van der Waals surface area contributed by atoms with Crippen LogP contribution in [0.3, 0.4) is 0 Å². The molecule has 1 saturated heterocycles. The molecular formula is C31H44ClN7. The number of benzene rings is 1. The molecule has 3 aliphatic rings. The highest BCUT2D eigenvalue weighted by atomic mass is 35.5. The first-order chi connectivity index (χ1) is 18.6. The summed E-state index contributed by atoms with van der Waals surface area (Å²) in [7, 11) is 0. The number of aromatic nitrogens is 2. The molecule has 4 N–H and O–H groups in total. The smallest absolute Gasteiger partial charge is 0.224 e. The van der Waals surface area contributed by atoms with E-state index in [1.807, 2.05) is 24.3 Å². The summed E-state index contributed by atoms with van der Waals surface area (Å²) in [6.07, 6.45) is 10.4. The molecule has 2 saturated carbocycles. The van der Waals surface area contributed by atoms with Gasteiger partial charge in [-0.05, 0) is 95.6 Å². The largest absolute Gasteiger partial charge is 0.369 e. The van der Waals surface area contributed by atoms with Crippen LogP contribution in [0.5, 0.6) is 0 Å². The van der Waals surface area contributed by atoms with Crippen molar-refractivity contribution in [2.24, 2.45) is 17.8 Å². The Morgan fingerprint density at radius 1 is 1.05 bits per heavy atom. The molecule has 5 rings (SSSR count). The lowest BCUT2D eigenvalue weighted by Gasteiger charge is -2.51. The molecule has 1 aromatic heterocycles. The van der Waals surface area contributed by atoms with E-state index in [-0.39, 0.29) is 11.1 Å². The molecule has 0 amide bonds. The lowest BCUT2D eigenvalue weighted by atomic mass is 9.64. The molecule has 0 spiro atoms. The maximum absolute atomic E-state index is 9.67. The van der Waals surface area contributed by atoms with Crippen LogP contribution < -0.4 is 21.3 Å². The average Bonchev–Trinajstić information content (AvgIpc) is 2.85. The first-order valence-corrected chi connectivity index (χ1v) is 15.0. The van der Waals surface area contributed by atoms with E-state index in [0.717, 1.165) is 23.9 Å². The predicted octanol–water partition coefficient (Wildman–Crippen LogP) is 6.12. The van der Waals surface area contributed by atoms with E-state index in [0.29, 0.717) is 46.9 Å². The van der Waals surface area contributed by atoms with Crippen LogP contribution in [-0.2, 0) is 6.54 Å². The lowest BCUT2D eigenvalue weighted by Crippen LogP contribution is -2.64. The summed E-state index contributed by atoms with van der Waals surface area (Å²) in [6.45, 7) is 10.7. The Bertz CT molecular complexity index is 1160. The molecule has 1 aromatic carbocycles. The average molecular weight is 550 g/mol. The summed E-state index contributed by atoms with van der Waals surface area (Å²) in [5, 5.41) is 25.2. The standard InChI is InChI=1S/C31H44ClN7/c1-30(2)14-25(15-31(3,4)39-30)37-27-21-9-7-10-22(27)13-20(12-21)17-34-28-24(16-33)19-36-29(38-28)35-18-23-8-5-6-11-26(23)32/h5-6,8,11,19-22,25,27,37,39H,7,9-10,12-15,17-18H2,1-4H3,(H2,34,35,36,38)/t20?,21-,22+,27?. The van der Waals surface area contributed by atoms with Gasteiger partial charge in [0.05, 0.1) is 6.20 Å². The van der Waals surface area contributed by atoms with Crippen LogP contribution in [0.1, 0.15) is 83.8 Å². The van der Waals surface area contributed by atoms with Crippen molar-refractivity contribution in [2.75, 3.05) is 17.2 Å². The van der Waals surface area contributed by atoms with Gasteiger partial charge in [0.2, 0.25) is 5.95 Å². The first kappa shape index (κ1) is 28.1. The van der Waals surface area contributed by atoms with Crippen molar-refractivity contribution >= 4 is 23.4 Å². The van der Waals surface area contributed by atoms with E-state index in [4.69, 9.17) is 11.6 Å². The third-order valence-electron chi connectivity index (χ3n) is 8.92. The minimum Gasteiger partial charge on any atom is -0.369 e. The van der Waals surface area contributed by atoms with Crippen LogP contribution in [0.4, 0.5) is 11.8 Å². The minimum atomic E-state index is 0.159. The number of piperidine rings is 1. The number of fused-ring (bicyclic) bond motifs is 2. The highest BCUT2D eigenvalue weighted by Crippen LogP contribution is 2.44. The van der Waals surface area contributed by atoms with Gasteiger partial charge in [0.1, 0.15) is 17.5 Å². The zero-order valence-corrected chi connectivity index (χ0v) is 24.6. The number of hydrogen-bond donors (Lipinski definition) is 4. The van der Waals surface area contributed by atoms with Crippen molar-refractivity contribution < 1.29 is 0 Å². The fourth-order valence-corrected chi connectivity index (χ4v) is 7.96. The number of anilines is 2. The van der Waals surface area contributed by atoms with Gasteiger partial charge in [0.25, 0.3) is 0 Å². The summed E-state index contributed by atoms with van der Waals surface area (Å²) < 4.78 is 0. The Balaban J connectivity index is 1.19. The third-order valence-corrected chi connectivity index (χ3v) is 9.29. The van der Waals surface area contributed by atoms with Crippen LogP contribution in [0, 0.1) is 29.1 Å². The fraction of sp³-hybridized carbons (Fsp3) is 0.645. The Kier molecular flexibility index (Phi) is 8.37. The topological polar surface area (TPSA) is 97.7 Å². The second-order valence-corrected chi connectivity index (χ2v) is 13.8. The monoisotopic (exact) mass is 549 g/mol. The number of nitriles is 1. The molecule has 2 bridgehead atoms. The Morgan fingerprint density at radius 3 is 2.41 bits per heavy atom. The summed E-state index contributed by atoms with van der Waals surface area (Å²) in [5.74, 6) is 3.13. The SMILES string of the molecule is CC1(C)CC(NC2[C@@H]3CCC[C@H]2CC(CNc2nc(NCc4ccccc4Cl)ncc2C#N)C3)CC(C)(C)N1. The number of nitrogens with one attached hydrogen (secondary N) is 4. The first-order valence-electron chi connectivity index (χ1n) is 14.6. The van der Waals surface area contributed by atoms with Crippen molar-refractivity contribution in [3.8, 4) is 6.07 Å². The predicted molar refractivity (Wildman–Crippen MR) is 159 cm³/mol. The van der Waals surface area contributed by atoms with Gasteiger partial charge >= 0.3 is 0 Å². The molecule has 7 nitrogen and oxygen atoms in total. The molecule has 8 heteroatoms. The highest BCUT2D eigenvalue weighted by molar-refractivity contribution is 6.31. The molecule has 2 heterocycles. The van der Waals surface area contributed by atoms with E-state index in [9.17, 15) is 5.26 Å². The fourth-order valence-electron chi connectivity index (χ4n) is 7.76. The zero-order chi connectivity index (χ0) is 27.6. The number of halogens is 1. The summed E-state index contributed by atoms with van der Waals surface area (Å²) in [6, 6.07) is 11.2. The Hall–Kier alpha value is -2.40. The van der Waals surface area contributed by atoms with Crippen LogP contribution in [0.15, 0.2) is 30.5 Å². The van der Waals surface area contributed by atoms with Gasteiger partial charge in [-0.15, -0.1) is 0 Å². The minimum absolute atomic E-state index is 0.159. The molecule has 2 aromatic rings. The molecule has 39 heavy (non-hydrogen) atoms. The Morgan fingerprint density at radius 2 is 1.74 bits per heavy atom. The number of nitrogens with zero attached hydrogens (tertiary/aromatic N) is 3. The number of hydrogen-bond acceptors (Lipinski definition) is 7. The van der Waals surface area contributed by atoms with Crippen LogP contribution in [-0.4, -0.2) is 39.7 Å². The van der Waals surface area contributed by atoms with E-state index >= 15 is 0 Å². The van der Waals surface area contributed by atoms with Crippen molar-refractivity contribution in [1.82, 2.24) is 20.6 Å². The van der Waals surface area contributed by atoms with E-state index in [1.54, 1.807) is 6.20 Å². The summed E-state index contributed by atoms with van der Waals surface area (Å²) in [5.41, 5.74) is 1.78. The highest BCUT2D eigenvalue weighted by Gasteiger charge is 2.44. The molecular weight excluding hydrogens is 506 g/mol. The number of rotatable bonds is 8. The van der Waals surface area contributed by atoms with Crippen molar-refractivity contribution in [1.29, 1.82) is 5.26 Å². The van der Waals surface area contributed by atoms with E-state index < -0.39 is 0 Å². The van der Waals surface area contributed by atoms with Crippen LogP contribution in [0.25, 0.3) is 0 Å². The maximum Gasteiger partial charge on any atom is 0.224 e. The van der Waals surface area contributed by atoms with Crippen LogP contribution in [0.2, 0.25) is 5.02 Å². The molecule has 3 fully saturated rings. The molecule has 0 radical (unpaired) electrons. The summed E-state index contributed by atoms with van der Waals surface area (Å²) in [4.78, 5) is 8.99. The van der Waals surface area contributed by atoms with Gasteiger partial charge in [-0.25, -0.2) is 4.98 Å². The van der Waals surface area contributed by atoms with Gasteiger partial charge in [0.15, 0.2) is 0 Å². The van der Waals surface area contributed by atoms with Gasteiger partial charge in [-0.3, -0.25) is 0 Å². The van der Waals surface area contributed by atoms with E-state index in [1.165, 1.54) is 44.9 Å². The molecule has 2 aliphatic carbocycles. The normalized spacial score (nSPS) is 27.9. The van der Waals surface area contributed by atoms with Gasteiger partial charge in [-0.2, -0.15) is 10.2 Å². The summed E-state index contributed by atoms with van der Waals surface area (Å²) >= 11 is 6.29. The van der Waals surface area contributed by atoms with Crippen molar-refractivity contribution in [2.45, 2.75) is 102 Å². The molecule has 2 unspecified atom stereocenters. The Labute approximate surface area is 238 Å². The molecule has 4 atom stereocenters. The molecule has 1 aliphatic heterocycles. The second kappa shape index (κ2) is 11.6. The zero-order valence-electron chi connectivity index (χ0n) is 23.9. The van der Waals surface area contributed by atoms with E-state index in [2.05, 4.69) is 65.0 Å². The van der Waals surface area contributed by atoms with Gasteiger partial charge < -0.3 is 21.3 Å². The van der Waals surface area contributed by atoms with Crippen molar-refractivity contribution in [3.63, 3.8) is 0 Å². The molecule has 210 valence electrons. The van der Waals surface area contributed by atoms with Crippen molar-refractivity contribution in [3.05, 3.63) is 46.6 Å². The van der Waals surface area contributed by atoms with Gasteiger partial charge in [-0.1, -0.05) is 36.2 Å². The quantitative estimate of drug-likeness (QED) is 0.315.